The Hall–Kier alpha value is -0.940. The van der Waals surface area contributed by atoms with E-state index in [-0.39, 0.29) is 0 Å². The minimum Gasteiger partial charge on any atom is -0.381 e. The summed E-state index contributed by atoms with van der Waals surface area (Å²) in [5, 5.41) is 0.969. The molecule has 0 spiro atoms. The molecule has 19 heavy (non-hydrogen) atoms. The standard InChI is InChI=1S/C14H22N2O2S/c1-3-4-12-13(10-17)19-14(15-12)16(2)9-11-5-7-18-8-6-11/h10-11H,3-9H2,1-2H3. The summed E-state index contributed by atoms with van der Waals surface area (Å²) in [5.41, 5.74) is 0.955. The van der Waals surface area contributed by atoms with Gasteiger partial charge in [-0.15, -0.1) is 0 Å². The van der Waals surface area contributed by atoms with Gasteiger partial charge in [-0.3, -0.25) is 4.79 Å². The van der Waals surface area contributed by atoms with Crippen molar-refractivity contribution in [3.05, 3.63) is 10.6 Å². The Morgan fingerprint density at radius 2 is 2.21 bits per heavy atom. The summed E-state index contributed by atoms with van der Waals surface area (Å²) in [7, 11) is 2.07. The van der Waals surface area contributed by atoms with Crippen molar-refractivity contribution >= 4 is 22.8 Å². The van der Waals surface area contributed by atoms with E-state index >= 15 is 0 Å². The quantitative estimate of drug-likeness (QED) is 0.752. The summed E-state index contributed by atoms with van der Waals surface area (Å²) in [6.45, 7) is 4.86. The molecule has 1 aliphatic heterocycles. The molecule has 0 bridgehead atoms. The van der Waals surface area contributed by atoms with Gasteiger partial charge in [0.05, 0.1) is 10.6 Å². The second-order valence-corrected chi connectivity index (χ2v) is 6.12. The molecule has 0 unspecified atom stereocenters. The van der Waals surface area contributed by atoms with E-state index in [4.69, 9.17) is 4.74 Å². The zero-order chi connectivity index (χ0) is 13.7. The van der Waals surface area contributed by atoms with Crippen molar-refractivity contribution in [2.75, 3.05) is 31.7 Å². The molecule has 0 atom stereocenters. The van der Waals surface area contributed by atoms with Crippen molar-refractivity contribution in [3.8, 4) is 0 Å². The Bertz CT molecular complexity index is 414. The van der Waals surface area contributed by atoms with E-state index in [1.54, 1.807) is 0 Å². The molecular weight excluding hydrogens is 260 g/mol. The third kappa shape index (κ3) is 3.76. The lowest BCUT2D eigenvalue weighted by Crippen LogP contribution is -2.29. The number of carbonyl (C=O) groups is 1. The van der Waals surface area contributed by atoms with Crippen LogP contribution >= 0.6 is 11.3 Å². The number of aryl methyl sites for hydroxylation is 1. The highest BCUT2D eigenvalue weighted by atomic mass is 32.1. The Labute approximate surface area is 118 Å². The molecule has 1 fully saturated rings. The molecule has 0 aliphatic carbocycles. The van der Waals surface area contributed by atoms with Crippen LogP contribution in [0, 0.1) is 5.92 Å². The highest BCUT2D eigenvalue weighted by Crippen LogP contribution is 2.27. The third-order valence-corrected chi connectivity index (χ3v) is 4.65. The molecule has 0 saturated carbocycles. The zero-order valence-electron chi connectivity index (χ0n) is 11.7. The van der Waals surface area contributed by atoms with Crippen LogP contribution in [0.5, 0.6) is 0 Å². The number of anilines is 1. The molecular formula is C14H22N2O2S. The van der Waals surface area contributed by atoms with Crippen molar-refractivity contribution in [1.82, 2.24) is 4.98 Å². The van der Waals surface area contributed by atoms with Gasteiger partial charge in [-0.25, -0.2) is 4.98 Å². The van der Waals surface area contributed by atoms with Gasteiger partial charge >= 0.3 is 0 Å². The van der Waals surface area contributed by atoms with Crippen LogP contribution < -0.4 is 4.90 Å². The lowest BCUT2D eigenvalue weighted by Gasteiger charge is -2.26. The number of nitrogens with zero attached hydrogens (tertiary/aromatic N) is 2. The highest BCUT2D eigenvalue weighted by molar-refractivity contribution is 7.17. The number of hydrogen-bond donors (Lipinski definition) is 0. The molecule has 1 saturated heterocycles. The summed E-state index contributed by atoms with van der Waals surface area (Å²) < 4.78 is 5.38. The summed E-state index contributed by atoms with van der Waals surface area (Å²) in [5.74, 6) is 0.678. The van der Waals surface area contributed by atoms with Gasteiger partial charge in [-0.05, 0) is 25.2 Å². The Morgan fingerprint density at radius 3 is 2.84 bits per heavy atom. The van der Waals surface area contributed by atoms with Gasteiger partial charge in [0, 0.05) is 26.8 Å². The van der Waals surface area contributed by atoms with Crippen LogP contribution in [0.25, 0.3) is 0 Å². The van der Waals surface area contributed by atoms with Crippen molar-refractivity contribution in [2.24, 2.45) is 5.92 Å². The number of aromatic nitrogens is 1. The predicted molar refractivity (Wildman–Crippen MR) is 78.3 cm³/mol. The van der Waals surface area contributed by atoms with Crippen LogP contribution in [0.3, 0.4) is 0 Å². The van der Waals surface area contributed by atoms with Crippen LogP contribution in [0.2, 0.25) is 0 Å². The molecule has 4 nitrogen and oxygen atoms in total. The Kier molecular flexibility index (Phi) is 5.34. The molecule has 2 heterocycles. The van der Waals surface area contributed by atoms with Gasteiger partial charge in [0.25, 0.3) is 0 Å². The van der Waals surface area contributed by atoms with E-state index in [0.29, 0.717) is 5.92 Å². The first-order valence-corrected chi connectivity index (χ1v) is 7.80. The van der Waals surface area contributed by atoms with Gasteiger partial charge in [0.15, 0.2) is 11.4 Å². The van der Waals surface area contributed by atoms with E-state index in [1.807, 2.05) is 0 Å². The predicted octanol–water partition coefficient (Wildman–Crippen LogP) is 2.77. The van der Waals surface area contributed by atoms with Crippen molar-refractivity contribution in [2.45, 2.75) is 32.6 Å². The second-order valence-electron chi connectivity index (χ2n) is 5.11. The van der Waals surface area contributed by atoms with Gasteiger partial charge < -0.3 is 9.64 Å². The summed E-state index contributed by atoms with van der Waals surface area (Å²) in [4.78, 5) is 18.7. The van der Waals surface area contributed by atoms with E-state index < -0.39 is 0 Å². The van der Waals surface area contributed by atoms with Crippen LogP contribution in [-0.2, 0) is 11.2 Å². The van der Waals surface area contributed by atoms with Crippen molar-refractivity contribution in [1.29, 1.82) is 0 Å². The lowest BCUT2D eigenvalue weighted by atomic mass is 10.0. The molecule has 1 aromatic heterocycles. The Balaban J connectivity index is 2.01. The highest BCUT2D eigenvalue weighted by Gasteiger charge is 2.19. The fraction of sp³-hybridized carbons (Fsp3) is 0.714. The normalized spacial score (nSPS) is 16.5. The maximum Gasteiger partial charge on any atom is 0.185 e. The van der Waals surface area contributed by atoms with Crippen molar-refractivity contribution in [3.63, 3.8) is 0 Å². The van der Waals surface area contributed by atoms with E-state index in [2.05, 4.69) is 23.9 Å². The average Bonchev–Trinajstić information content (AvgIpc) is 2.83. The zero-order valence-corrected chi connectivity index (χ0v) is 12.5. The SMILES string of the molecule is CCCc1nc(N(C)CC2CCOCC2)sc1C=O. The Morgan fingerprint density at radius 1 is 1.47 bits per heavy atom. The monoisotopic (exact) mass is 282 g/mol. The van der Waals surface area contributed by atoms with Gasteiger partial charge in [0.1, 0.15) is 0 Å². The first-order valence-electron chi connectivity index (χ1n) is 6.98. The molecule has 0 amide bonds. The molecule has 0 radical (unpaired) electrons. The second kappa shape index (κ2) is 7.01. The number of carbonyl (C=O) groups excluding carboxylic acids is 1. The fourth-order valence-electron chi connectivity index (χ4n) is 2.42. The number of ether oxygens (including phenoxy) is 1. The van der Waals surface area contributed by atoms with Crippen LogP contribution in [0.1, 0.15) is 41.6 Å². The van der Waals surface area contributed by atoms with Gasteiger partial charge in [0.2, 0.25) is 0 Å². The molecule has 5 heteroatoms. The smallest absolute Gasteiger partial charge is 0.185 e. The minimum atomic E-state index is 0.678. The van der Waals surface area contributed by atoms with E-state index in [9.17, 15) is 4.79 Å². The van der Waals surface area contributed by atoms with Gasteiger partial charge in [-0.2, -0.15) is 0 Å². The molecule has 2 rings (SSSR count). The lowest BCUT2D eigenvalue weighted by molar-refractivity contribution is 0.0685. The van der Waals surface area contributed by atoms with E-state index in [0.717, 1.165) is 67.4 Å². The number of thiazole rings is 1. The fourth-order valence-corrected chi connectivity index (χ4v) is 3.31. The number of rotatable bonds is 6. The van der Waals surface area contributed by atoms with Crippen LogP contribution in [0.4, 0.5) is 5.13 Å². The average molecular weight is 282 g/mol. The third-order valence-electron chi connectivity index (χ3n) is 3.51. The summed E-state index contributed by atoms with van der Waals surface area (Å²) in [6, 6.07) is 0. The molecule has 0 N–H and O–H groups in total. The van der Waals surface area contributed by atoms with Crippen LogP contribution in [-0.4, -0.2) is 38.1 Å². The minimum absolute atomic E-state index is 0.678. The van der Waals surface area contributed by atoms with Crippen molar-refractivity contribution < 1.29 is 9.53 Å². The molecule has 0 aromatic carbocycles. The topological polar surface area (TPSA) is 42.4 Å². The number of hydrogen-bond acceptors (Lipinski definition) is 5. The molecule has 1 aliphatic rings. The maximum absolute atomic E-state index is 11.1. The van der Waals surface area contributed by atoms with E-state index in [1.165, 1.54) is 11.3 Å². The first-order chi connectivity index (χ1) is 9.24. The first kappa shape index (κ1) is 14.5. The largest absolute Gasteiger partial charge is 0.381 e. The maximum atomic E-state index is 11.1. The summed E-state index contributed by atoms with van der Waals surface area (Å²) >= 11 is 1.51. The number of aldehydes is 1. The van der Waals surface area contributed by atoms with Gasteiger partial charge in [-0.1, -0.05) is 24.7 Å². The summed E-state index contributed by atoms with van der Waals surface area (Å²) in [6.07, 6.45) is 5.09. The van der Waals surface area contributed by atoms with Crippen LogP contribution in [0.15, 0.2) is 0 Å². The molecule has 1 aromatic rings. The molecule has 106 valence electrons.